The number of carbonyl (C=O) groups is 1. The summed E-state index contributed by atoms with van der Waals surface area (Å²) in [5.41, 5.74) is 1.83. The number of hydrogen-bond donors (Lipinski definition) is 2. The van der Waals surface area contributed by atoms with E-state index < -0.39 is 12.9 Å². The van der Waals surface area contributed by atoms with E-state index in [0.29, 0.717) is 25.9 Å². The molecule has 0 unspecified atom stereocenters. The van der Waals surface area contributed by atoms with Crippen LogP contribution in [0.15, 0.2) is 58.7 Å². The van der Waals surface area contributed by atoms with Crippen molar-refractivity contribution in [3.63, 3.8) is 0 Å². The summed E-state index contributed by atoms with van der Waals surface area (Å²) in [5, 5.41) is 5.92. The van der Waals surface area contributed by atoms with Gasteiger partial charge in [0.15, 0.2) is 0 Å². The Labute approximate surface area is 193 Å². The number of alkyl halides is 4. The number of carbonyl (C=O) groups excluding carboxylic acids is 1. The predicted molar refractivity (Wildman–Crippen MR) is 127 cm³/mol. The van der Waals surface area contributed by atoms with Gasteiger partial charge in [-0.2, -0.15) is 13.2 Å². The maximum atomic E-state index is 13.2. The Kier molecular flexibility index (Phi) is 15.6. The van der Waals surface area contributed by atoms with Crippen molar-refractivity contribution >= 4 is 18.3 Å². The molecule has 0 heterocycles. The summed E-state index contributed by atoms with van der Waals surface area (Å²) >= 11 is 0. The molecule has 0 spiro atoms. The molecular formula is C23H35F4N5O. The molecule has 33 heavy (non-hydrogen) atoms. The quantitative estimate of drug-likeness (QED) is 0.0482. The molecule has 10 heteroatoms. The Balaban J connectivity index is 4.65. The van der Waals surface area contributed by atoms with Crippen molar-refractivity contribution in [3.05, 3.63) is 48.7 Å². The summed E-state index contributed by atoms with van der Waals surface area (Å²) in [4.78, 5) is 20.0. The minimum atomic E-state index is -4.50. The van der Waals surface area contributed by atoms with Gasteiger partial charge in [-0.15, -0.1) is 0 Å². The van der Waals surface area contributed by atoms with E-state index >= 15 is 0 Å². The van der Waals surface area contributed by atoms with Crippen LogP contribution in [-0.2, 0) is 4.79 Å². The van der Waals surface area contributed by atoms with Crippen LogP contribution in [0.2, 0.25) is 0 Å². The van der Waals surface area contributed by atoms with Gasteiger partial charge in [-0.1, -0.05) is 37.0 Å². The average Bonchev–Trinajstić information content (AvgIpc) is 2.74. The van der Waals surface area contributed by atoms with Crippen LogP contribution >= 0.6 is 0 Å². The molecule has 0 saturated heterocycles. The molecule has 0 atom stereocenters. The zero-order valence-corrected chi connectivity index (χ0v) is 19.4. The SMILES string of the molecule is C=C/C=C(/CN(CNCNC(CF)=NCC(=C)CCC(=C)CC=O)C(C)C)N=CC(F)(F)F. The van der Waals surface area contributed by atoms with E-state index in [1.807, 2.05) is 18.7 Å². The Morgan fingerprint density at radius 2 is 1.85 bits per heavy atom. The third-order valence-electron chi connectivity index (χ3n) is 4.34. The van der Waals surface area contributed by atoms with Crippen LogP contribution in [-0.4, -0.2) is 68.6 Å². The molecule has 0 aliphatic carbocycles. The summed E-state index contributed by atoms with van der Waals surface area (Å²) < 4.78 is 50.5. The van der Waals surface area contributed by atoms with Gasteiger partial charge in [0.1, 0.15) is 25.0 Å². The fourth-order valence-corrected chi connectivity index (χ4v) is 2.43. The smallest absolute Gasteiger partial charge is 0.359 e. The number of halogens is 4. The lowest BCUT2D eigenvalue weighted by atomic mass is 10.1. The highest BCUT2D eigenvalue weighted by molar-refractivity contribution is 5.83. The van der Waals surface area contributed by atoms with Crippen molar-refractivity contribution < 1.29 is 22.4 Å². The average molecular weight is 474 g/mol. The van der Waals surface area contributed by atoms with Crippen LogP contribution in [0.1, 0.15) is 33.1 Å². The zero-order chi connectivity index (χ0) is 25.3. The van der Waals surface area contributed by atoms with Gasteiger partial charge in [0.25, 0.3) is 0 Å². The fourth-order valence-electron chi connectivity index (χ4n) is 2.43. The maximum Gasteiger partial charge on any atom is 0.426 e. The highest BCUT2D eigenvalue weighted by atomic mass is 19.4. The van der Waals surface area contributed by atoms with Gasteiger partial charge in [0.05, 0.1) is 25.6 Å². The summed E-state index contributed by atoms with van der Waals surface area (Å²) in [6.07, 6.45) is 0.619. The summed E-state index contributed by atoms with van der Waals surface area (Å²) in [7, 11) is 0. The predicted octanol–water partition coefficient (Wildman–Crippen LogP) is 4.34. The Morgan fingerprint density at radius 1 is 1.18 bits per heavy atom. The molecule has 0 rings (SSSR count). The largest absolute Gasteiger partial charge is 0.426 e. The Morgan fingerprint density at radius 3 is 2.39 bits per heavy atom. The first kappa shape index (κ1) is 30.4. The van der Waals surface area contributed by atoms with Crippen LogP contribution in [0, 0.1) is 0 Å². The molecule has 0 aliphatic heterocycles. The summed E-state index contributed by atoms with van der Waals surface area (Å²) in [6, 6.07) is 0.0124. The normalized spacial score (nSPS) is 13.1. The molecule has 0 aromatic heterocycles. The van der Waals surface area contributed by atoms with Gasteiger partial charge >= 0.3 is 6.18 Å². The highest BCUT2D eigenvalue weighted by Gasteiger charge is 2.24. The topological polar surface area (TPSA) is 69.1 Å². The number of rotatable bonds is 17. The van der Waals surface area contributed by atoms with Crippen molar-refractivity contribution in [2.24, 2.45) is 9.98 Å². The molecule has 2 N–H and O–H groups in total. The molecule has 186 valence electrons. The number of amidine groups is 1. The molecule has 0 aromatic carbocycles. The molecule has 0 aliphatic rings. The van der Waals surface area contributed by atoms with Crippen LogP contribution in [0.25, 0.3) is 0 Å². The van der Waals surface area contributed by atoms with Crippen LogP contribution in [0.4, 0.5) is 17.6 Å². The van der Waals surface area contributed by atoms with Crippen LogP contribution in [0.3, 0.4) is 0 Å². The van der Waals surface area contributed by atoms with Gasteiger partial charge in [-0.05, 0) is 32.8 Å². The summed E-state index contributed by atoms with van der Waals surface area (Å²) in [5.74, 6) is 0.161. The highest BCUT2D eigenvalue weighted by Crippen LogP contribution is 2.13. The molecule has 0 aromatic rings. The molecule has 0 saturated carbocycles. The van der Waals surface area contributed by atoms with E-state index in [2.05, 4.69) is 40.4 Å². The second-order valence-electron chi connectivity index (χ2n) is 7.56. The first-order valence-corrected chi connectivity index (χ1v) is 10.5. The van der Waals surface area contributed by atoms with E-state index in [1.54, 1.807) is 0 Å². The molecule has 0 amide bonds. The summed E-state index contributed by atoms with van der Waals surface area (Å²) in [6.45, 7) is 15.2. The Hall–Kier alpha value is -2.59. The minimum Gasteiger partial charge on any atom is -0.359 e. The van der Waals surface area contributed by atoms with Crippen molar-refractivity contribution in [2.45, 2.75) is 45.3 Å². The second-order valence-corrected chi connectivity index (χ2v) is 7.56. The molecule has 6 nitrogen and oxygen atoms in total. The lowest BCUT2D eigenvalue weighted by Gasteiger charge is -2.27. The third kappa shape index (κ3) is 16.7. The van der Waals surface area contributed by atoms with Gasteiger partial charge in [-0.25, -0.2) is 4.39 Å². The van der Waals surface area contributed by atoms with Crippen LogP contribution < -0.4 is 10.6 Å². The lowest BCUT2D eigenvalue weighted by molar-refractivity contribution is -0.107. The molecule has 0 radical (unpaired) electrons. The van der Waals surface area contributed by atoms with Gasteiger partial charge < -0.3 is 10.1 Å². The number of allylic oxidation sites excluding steroid dienone is 3. The Bertz CT molecular complexity index is 727. The minimum absolute atomic E-state index is 0.0124. The first-order valence-electron chi connectivity index (χ1n) is 10.5. The van der Waals surface area contributed by atoms with E-state index in [4.69, 9.17) is 0 Å². The maximum absolute atomic E-state index is 13.2. The van der Waals surface area contributed by atoms with Crippen molar-refractivity contribution in [2.75, 3.05) is 33.1 Å². The van der Waals surface area contributed by atoms with E-state index in [-0.39, 0.29) is 43.5 Å². The number of hydrogen-bond acceptors (Lipinski definition) is 5. The molecule has 0 bridgehead atoms. The number of aliphatic imine (C=N–C) groups is 2. The van der Waals surface area contributed by atoms with Gasteiger partial charge in [-0.3, -0.25) is 20.2 Å². The first-order chi connectivity index (χ1) is 15.5. The van der Waals surface area contributed by atoms with Crippen molar-refractivity contribution in [3.8, 4) is 0 Å². The zero-order valence-electron chi connectivity index (χ0n) is 19.4. The lowest BCUT2D eigenvalue weighted by Crippen LogP contribution is -2.44. The van der Waals surface area contributed by atoms with Gasteiger partial charge in [0.2, 0.25) is 0 Å². The van der Waals surface area contributed by atoms with E-state index in [9.17, 15) is 22.4 Å². The fraction of sp³-hybridized carbons (Fsp3) is 0.522. The van der Waals surface area contributed by atoms with Gasteiger partial charge in [0, 0.05) is 19.0 Å². The third-order valence-corrected chi connectivity index (χ3v) is 4.34. The van der Waals surface area contributed by atoms with Crippen molar-refractivity contribution in [1.82, 2.24) is 15.5 Å². The van der Waals surface area contributed by atoms with E-state index in [1.165, 1.54) is 12.2 Å². The number of aldehydes is 1. The monoisotopic (exact) mass is 473 g/mol. The molecule has 0 fully saturated rings. The molecular weight excluding hydrogens is 438 g/mol. The van der Waals surface area contributed by atoms with Crippen molar-refractivity contribution in [1.29, 1.82) is 0 Å². The number of nitrogens with one attached hydrogen (secondary N) is 2. The number of nitrogens with zero attached hydrogens (tertiary/aromatic N) is 3. The standard InChI is InChI=1S/C23H35F4N5O/c1-6-7-21(30-15-23(25,26)27)14-32(18(2)3)17-28-16-31-22(12-24)29-13-20(5)9-8-19(4)10-11-33/h6-7,11,15,18,28H,1,4-5,8-10,12-14,16-17H2,2-3H3,(H,29,31)/b21-7-,30-15?. The van der Waals surface area contributed by atoms with Crippen LogP contribution in [0.5, 0.6) is 0 Å². The second kappa shape index (κ2) is 17.0. The van der Waals surface area contributed by atoms with E-state index in [0.717, 1.165) is 17.4 Å².